The first-order valence-electron chi connectivity index (χ1n) is 10.3. The molecule has 1 N–H and O–H groups in total. The van der Waals surface area contributed by atoms with Crippen molar-refractivity contribution in [2.24, 2.45) is 7.05 Å². The molecule has 32 heavy (non-hydrogen) atoms. The highest BCUT2D eigenvalue weighted by Gasteiger charge is 2.20. The van der Waals surface area contributed by atoms with E-state index in [0.717, 1.165) is 22.2 Å². The molecule has 7 nitrogen and oxygen atoms in total. The number of nitrogens with one attached hydrogen (secondary N) is 1. The molecule has 1 amide bonds. The van der Waals surface area contributed by atoms with E-state index < -0.39 is 23.0 Å². The van der Waals surface area contributed by atoms with Crippen LogP contribution in [0.25, 0.3) is 16.7 Å². The summed E-state index contributed by atoms with van der Waals surface area (Å²) in [4.78, 5) is 39.4. The van der Waals surface area contributed by atoms with E-state index in [-0.39, 0.29) is 17.7 Å². The number of carbonyl (C=O) groups is 1. The number of anilines is 1. The van der Waals surface area contributed by atoms with E-state index in [9.17, 15) is 18.8 Å². The van der Waals surface area contributed by atoms with Crippen LogP contribution in [0.2, 0.25) is 0 Å². The molecule has 0 atom stereocenters. The van der Waals surface area contributed by atoms with Gasteiger partial charge in [-0.05, 0) is 61.4 Å². The zero-order chi connectivity index (χ0) is 23.0. The number of amides is 1. The number of hydrogen-bond donors (Lipinski definition) is 1. The van der Waals surface area contributed by atoms with Crippen LogP contribution >= 0.6 is 0 Å². The maximum Gasteiger partial charge on any atom is 0.336 e. The summed E-state index contributed by atoms with van der Waals surface area (Å²) in [6.07, 6.45) is 0.829. The van der Waals surface area contributed by atoms with Crippen molar-refractivity contribution in [2.75, 3.05) is 5.32 Å². The number of nitrogens with zero attached hydrogens (tertiary/aromatic N) is 3. The van der Waals surface area contributed by atoms with Crippen molar-refractivity contribution in [1.82, 2.24) is 13.7 Å². The van der Waals surface area contributed by atoms with Crippen LogP contribution in [0.4, 0.5) is 10.1 Å². The van der Waals surface area contributed by atoms with Gasteiger partial charge in [-0.15, -0.1) is 0 Å². The highest BCUT2D eigenvalue weighted by atomic mass is 19.1. The summed E-state index contributed by atoms with van der Waals surface area (Å²) in [7, 11) is 1.72. The van der Waals surface area contributed by atoms with Crippen molar-refractivity contribution in [3.63, 3.8) is 0 Å². The summed E-state index contributed by atoms with van der Waals surface area (Å²) in [5.41, 5.74) is 2.16. The summed E-state index contributed by atoms with van der Waals surface area (Å²) in [5.74, 6) is -0.876. The van der Waals surface area contributed by atoms with Gasteiger partial charge in [0.05, 0.1) is 11.2 Å². The Morgan fingerprint density at radius 3 is 2.47 bits per heavy atom. The zero-order valence-electron chi connectivity index (χ0n) is 18.1. The SMILES string of the molecule is CCc1cccc(NC(=O)Cn2c(=O)n(-c3ccc(F)cc3)c(=O)c3c2cc(C)n3C)c1. The van der Waals surface area contributed by atoms with Gasteiger partial charge < -0.3 is 9.88 Å². The van der Waals surface area contributed by atoms with Gasteiger partial charge in [0, 0.05) is 18.4 Å². The number of carbonyl (C=O) groups excluding carboxylic acids is 1. The molecule has 2 aromatic carbocycles. The fourth-order valence-corrected chi connectivity index (χ4v) is 3.77. The molecule has 0 unspecified atom stereocenters. The van der Waals surface area contributed by atoms with E-state index >= 15 is 0 Å². The second kappa shape index (κ2) is 8.30. The Labute approximate surface area is 183 Å². The molecule has 4 aromatic rings. The molecule has 8 heteroatoms. The van der Waals surface area contributed by atoms with Crippen LogP contribution in [-0.2, 0) is 24.8 Å². The topological polar surface area (TPSA) is 78.0 Å². The predicted octanol–water partition coefficient (Wildman–Crippen LogP) is 3.14. The maximum absolute atomic E-state index is 13.4. The van der Waals surface area contributed by atoms with Crippen molar-refractivity contribution < 1.29 is 9.18 Å². The average molecular weight is 434 g/mol. The molecule has 164 valence electrons. The van der Waals surface area contributed by atoms with Gasteiger partial charge in [0.1, 0.15) is 17.9 Å². The molecule has 0 spiro atoms. The van der Waals surface area contributed by atoms with E-state index in [1.807, 2.05) is 32.0 Å². The highest BCUT2D eigenvalue weighted by molar-refractivity contribution is 5.91. The van der Waals surface area contributed by atoms with Crippen LogP contribution in [-0.4, -0.2) is 19.6 Å². The minimum atomic E-state index is -0.669. The van der Waals surface area contributed by atoms with Gasteiger partial charge >= 0.3 is 5.69 Å². The van der Waals surface area contributed by atoms with E-state index in [2.05, 4.69) is 5.32 Å². The van der Waals surface area contributed by atoms with E-state index in [0.29, 0.717) is 11.2 Å². The molecule has 0 aliphatic heterocycles. The lowest BCUT2D eigenvalue weighted by molar-refractivity contribution is -0.116. The van der Waals surface area contributed by atoms with E-state index in [4.69, 9.17) is 0 Å². The third-order valence-electron chi connectivity index (χ3n) is 5.58. The van der Waals surface area contributed by atoms with Crippen LogP contribution in [0.15, 0.2) is 64.2 Å². The van der Waals surface area contributed by atoms with Crippen molar-refractivity contribution in [2.45, 2.75) is 26.8 Å². The number of aryl methyl sites for hydroxylation is 3. The summed E-state index contributed by atoms with van der Waals surface area (Å²) < 4.78 is 17.3. The first-order valence-corrected chi connectivity index (χ1v) is 10.3. The Morgan fingerprint density at radius 2 is 1.78 bits per heavy atom. The fourth-order valence-electron chi connectivity index (χ4n) is 3.77. The molecule has 0 saturated carbocycles. The lowest BCUT2D eigenvalue weighted by Gasteiger charge is -2.13. The van der Waals surface area contributed by atoms with Gasteiger partial charge in [-0.25, -0.2) is 13.8 Å². The van der Waals surface area contributed by atoms with E-state index in [1.54, 1.807) is 23.7 Å². The predicted molar refractivity (Wildman–Crippen MR) is 122 cm³/mol. The average Bonchev–Trinajstić information content (AvgIpc) is 3.07. The second-order valence-electron chi connectivity index (χ2n) is 7.67. The number of fused-ring (bicyclic) bond motifs is 1. The number of aromatic nitrogens is 3. The van der Waals surface area contributed by atoms with Crippen LogP contribution in [0, 0.1) is 12.7 Å². The highest BCUT2D eigenvalue weighted by Crippen LogP contribution is 2.16. The normalized spacial score (nSPS) is 11.1. The molecule has 2 heterocycles. The van der Waals surface area contributed by atoms with Crippen molar-refractivity contribution in [1.29, 1.82) is 0 Å². The Kier molecular flexibility index (Phi) is 5.52. The molecule has 0 aliphatic carbocycles. The molecule has 0 fully saturated rings. The summed E-state index contributed by atoms with van der Waals surface area (Å²) in [6.45, 7) is 3.55. The first kappa shape index (κ1) is 21.3. The summed E-state index contributed by atoms with van der Waals surface area (Å²) >= 11 is 0. The Balaban J connectivity index is 1.84. The summed E-state index contributed by atoms with van der Waals surface area (Å²) in [6, 6.07) is 14.3. The third kappa shape index (κ3) is 3.75. The van der Waals surface area contributed by atoms with Gasteiger partial charge in [-0.2, -0.15) is 0 Å². The number of halogens is 1. The van der Waals surface area contributed by atoms with Crippen molar-refractivity contribution in [3.05, 3.63) is 92.5 Å². The largest absolute Gasteiger partial charge is 0.342 e. The summed E-state index contributed by atoms with van der Waals surface area (Å²) in [5, 5.41) is 2.82. The first-order chi connectivity index (χ1) is 15.3. The van der Waals surface area contributed by atoms with Crippen LogP contribution in [0.1, 0.15) is 18.2 Å². The number of hydrogen-bond acceptors (Lipinski definition) is 3. The molecular weight excluding hydrogens is 411 g/mol. The molecule has 0 saturated heterocycles. The lowest BCUT2D eigenvalue weighted by Crippen LogP contribution is -2.41. The fraction of sp³-hybridized carbons (Fsp3) is 0.208. The Morgan fingerprint density at radius 1 is 1.06 bits per heavy atom. The maximum atomic E-state index is 13.4. The van der Waals surface area contributed by atoms with Crippen LogP contribution < -0.4 is 16.6 Å². The third-order valence-corrected chi connectivity index (χ3v) is 5.58. The molecule has 2 aromatic heterocycles. The minimum Gasteiger partial charge on any atom is -0.342 e. The monoisotopic (exact) mass is 434 g/mol. The van der Waals surface area contributed by atoms with Crippen molar-refractivity contribution in [3.8, 4) is 5.69 Å². The quantitative estimate of drug-likeness (QED) is 0.524. The molecule has 4 rings (SSSR count). The van der Waals surface area contributed by atoms with Crippen molar-refractivity contribution >= 4 is 22.6 Å². The molecule has 0 aliphatic rings. The standard InChI is InChI=1S/C24H23FN4O3/c1-4-16-6-5-7-18(13-16)26-21(30)14-28-20-12-15(2)27(3)22(20)23(31)29(24(28)32)19-10-8-17(25)9-11-19/h5-13H,4,14H2,1-3H3,(H,26,30). The van der Waals surface area contributed by atoms with Gasteiger partial charge in [0.2, 0.25) is 5.91 Å². The number of rotatable bonds is 5. The molecule has 0 bridgehead atoms. The molecule has 0 radical (unpaired) electrons. The lowest BCUT2D eigenvalue weighted by atomic mass is 10.1. The van der Waals surface area contributed by atoms with E-state index in [1.165, 1.54) is 28.8 Å². The smallest absolute Gasteiger partial charge is 0.336 e. The Bertz CT molecular complexity index is 1450. The van der Waals surface area contributed by atoms with Gasteiger partial charge in [-0.1, -0.05) is 19.1 Å². The van der Waals surface area contributed by atoms with Gasteiger partial charge in [-0.3, -0.25) is 14.2 Å². The van der Waals surface area contributed by atoms with Crippen LogP contribution in [0.5, 0.6) is 0 Å². The Hall–Kier alpha value is -3.94. The van der Waals surface area contributed by atoms with Crippen LogP contribution in [0.3, 0.4) is 0 Å². The van der Waals surface area contributed by atoms with Gasteiger partial charge in [0.15, 0.2) is 0 Å². The van der Waals surface area contributed by atoms with Gasteiger partial charge in [0.25, 0.3) is 5.56 Å². The molecular formula is C24H23FN4O3. The zero-order valence-corrected chi connectivity index (χ0v) is 18.1. The minimum absolute atomic E-state index is 0.229. The second-order valence-corrected chi connectivity index (χ2v) is 7.67. The number of benzene rings is 2.